The number of nitrogens with two attached hydrogens (primary N) is 1. The second kappa shape index (κ2) is 6.65. The topological polar surface area (TPSA) is 72.2 Å². The van der Waals surface area contributed by atoms with E-state index >= 15 is 0 Å². The van der Waals surface area contributed by atoms with Crippen molar-refractivity contribution in [2.75, 3.05) is 0 Å². The molecule has 7 heteroatoms. The van der Waals surface area contributed by atoms with Crippen LogP contribution in [0.25, 0.3) is 0 Å². The molecule has 0 bridgehead atoms. The standard InChI is InChI=1S/C14H14BrFN2O2S/c15-12-7-10(8-17)5-6-14(12)21(19,20)18-9-11-3-1-2-4-13(11)16/h1-7,18H,8-9,17H2. The molecule has 0 aliphatic rings. The molecule has 112 valence electrons. The minimum Gasteiger partial charge on any atom is -0.326 e. The Morgan fingerprint density at radius 2 is 1.90 bits per heavy atom. The van der Waals surface area contributed by atoms with Gasteiger partial charge in [-0.1, -0.05) is 24.3 Å². The van der Waals surface area contributed by atoms with E-state index in [0.29, 0.717) is 11.0 Å². The zero-order valence-corrected chi connectivity index (χ0v) is 13.4. The minimum atomic E-state index is -3.74. The van der Waals surface area contributed by atoms with Crippen molar-refractivity contribution in [3.8, 4) is 0 Å². The number of hydrogen-bond acceptors (Lipinski definition) is 3. The summed E-state index contributed by atoms with van der Waals surface area (Å²) in [7, 11) is -3.74. The Hall–Kier alpha value is -1.28. The molecule has 0 aliphatic heterocycles. The number of sulfonamides is 1. The van der Waals surface area contributed by atoms with E-state index in [1.54, 1.807) is 24.3 Å². The maximum atomic E-state index is 13.5. The summed E-state index contributed by atoms with van der Waals surface area (Å²) in [4.78, 5) is 0.0936. The quantitative estimate of drug-likeness (QED) is 0.846. The molecular weight excluding hydrogens is 359 g/mol. The van der Waals surface area contributed by atoms with Crippen LogP contribution < -0.4 is 10.5 Å². The highest BCUT2D eigenvalue weighted by Gasteiger charge is 2.18. The molecule has 2 aromatic rings. The van der Waals surface area contributed by atoms with Crippen LogP contribution >= 0.6 is 15.9 Å². The zero-order valence-electron chi connectivity index (χ0n) is 11.0. The SMILES string of the molecule is NCc1ccc(S(=O)(=O)NCc2ccccc2F)c(Br)c1. The number of halogens is 2. The monoisotopic (exact) mass is 372 g/mol. The van der Waals surface area contributed by atoms with Gasteiger partial charge in [-0.15, -0.1) is 0 Å². The molecule has 2 aromatic carbocycles. The van der Waals surface area contributed by atoms with Gasteiger partial charge in [0.15, 0.2) is 0 Å². The summed E-state index contributed by atoms with van der Waals surface area (Å²) in [6, 6.07) is 10.8. The fraction of sp³-hybridized carbons (Fsp3) is 0.143. The predicted octanol–water partition coefficient (Wildman–Crippen LogP) is 2.53. The first-order chi connectivity index (χ1) is 9.94. The van der Waals surface area contributed by atoms with Gasteiger partial charge >= 0.3 is 0 Å². The Labute approximate surface area is 131 Å². The van der Waals surface area contributed by atoms with Gasteiger partial charge in [-0.25, -0.2) is 17.5 Å². The van der Waals surface area contributed by atoms with Crippen LogP contribution in [0, 0.1) is 5.82 Å². The normalized spacial score (nSPS) is 11.6. The van der Waals surface area contributed by atoms with Gasteiger partial charge in [0.25, 0.3) is 0 Å². The third-order valence-electron chi connectivity index (χ3n) is 2.93. The Morgan fingerprint density at radius 1 is 1.19 bits per heavy atom. The Kier molecular flexibility index (Phi) is 5.10. The molecule has 0 aliphatic carbocycles. The highest BCUT2D eigenvalue weighted by Crippen LogP contribution is 2.23. The van der Waals surface area contributed by atoms with Crippen molar-refractivity contribution < 1.29 is 12.8 Å². The van der Waals surface area contributed by atoms with E-state index in [0.717, 1.165) is 5.56 Å². The maximum absolute atomic E-state index is 13.5. The molecule has 0 atom stereocenters. The van der Waals surface area contributed by atoms with Gasteiger partial charge < -0.3 is 5.73 Å². The molecule has 0 aromatic heterocycles. The van der Waals surface area contributed by atoms with Gasteiger partial charge in [0.1, 0.15) is 5.82 Å². The zero-order chi connectivity index (χ0) is 15.5. The summed E-state index contributed by atoms with van der Waals surface area (Å²) in [5.41, 5.74) is 6.60. The largest absolute Gasteiger partial charge is 0.326 e. The lowest BCUT2D eigenvalue weighted by Gasteiger charge is -2.10. The Balaban J connectivity index is 2.21. The lowest BCUT2D eigenvalue weighted by molar-refractivity contribution is 0.574. The first-order valence-corrected chi connectivity index (χ1v) is 8.43. The van der Waals surface area contributed by atoms with Crippen LogP contribution in [-0.2, 0) is 23.1 Å². The van der Waals surface area contributed by atoms with Crippen LogP contribution in [0.2, 0.25) is 0 Å². The van der Waals surface area contributed by atoms with Gasteiger partial charge in [-0.3, -0.25) is 0 Å². The van der Waals surface area contributed by atoms with Gasteiger partial charge in [0.05, 0.1) is 4.90 Å². The van der Waals surface area contributed by atoms with E-state index in [1.165, 1.54) is 18.2 Å². The molecule has 0 unspecified atom stereocenters. The van der Waals surface area contributed by atoms with Gasteiger partial charge in [0, 0.05) is 23.1 Å². The van der Waals surface area contributed by atoms with Crippen LogP contribution in [0.4, 0.5) is 4.39 Å². The first kappa shape index (κ1) is 16.1. The first-order valence-electron chi connectivity index (χ1n) is 6.15. The number of benzene rings is 2. The number of nitrogens with one attached hydrogen (secondary N) is 1. The summed E-state index contributed by atoms with van der Waals surface area (Å²) < 4.78 is 40.8. The van der Waals surface area contributed by atoms with E-state index in [1.807, 2.05) is 0 Å². The molecule has 0 heterocycles. The molecule has 0 amide bonds. The van der Waals surface area contributed by atoms with Crippen molar-refractivity contribution in [3.05, 3.63) is 63.9 Å². The van der Waals surface area contributed by atoms with Crippen molar-refractivity contribution >= 4 is 26.0 Å². The van der Waals surface area contributed by atoms with E-state index in [-0.39, 0.29) is 17.0 Å². The summed E-state index contributed by atoms with van der Waals surface area (Å²) in [6.07, 6.45) is 0. The lowest BCUT2D eigenvalue weighted by Crippen LogP contribution is -2.24. The fourth-order valence-corrected chi connectivity index (χ4v) is 3.91. The molecule has 0 saturated heterocycles. The third-order valence-corrected chi connectivity index (χ3v) is 5.31. The van der Waals surface area contributed by atoms with Gasteiger partial charge in [-0.05, 0) is 39.7 Å². The molecule has 0 radical (unpaired) electrons. The second-order valence-electron chi connectivity index (χ2n) is 4.38. The molecule has 4 nitrogen and oxygen atoms in total. The highest BCUT2D eigenvalue weighted by atomic mass is 79.9. The number of rotatable bonds is 5. The summed E-state index contributed by atoms with van der Waals surface area (Å²) in [5, 5.41) is 0. The van der Waals surface area contributed by atoms with Gasteiger partial charge in [-0.2, -0.15) is 0 Å². The Bertz CT molecular complexity index is 750. The van der Waals surface area contributed by atoms with E-state index in [2.05, 4.69) is 20.7 Å². The van der Waals surface area contributed by atoms with Crippen LogP contribution in [0.1, 0.15) is 11.1 Å². The minimum absolute atomic E-state index is 0.0936. The lowest BCUT2D eigenvalue weighted by atomic mass is 10.2. The molecule has 3 N–H and O–H groups in total. The van der Waals surface area contributed by atoms with Crippen LogP contribution in [0.3, 0.4) is 0 Å². The predicted molar refractivity (Wildman–Crippen MR) is 82.5 cm³/mol. The Morgan fingerprint density at radius 3 is 2.52 bits per heavy atom. The van der Waals surface area contributed by atoms with Crippen molar-refractivity contribution in [1.82, 2.24) is 4.72 Å². The van der Waals surface area contributed by atoms with Crippen molar-refractivity contribution in [2.24, 2.45) is 5.73 Å². The van der Waals surface area contributed by atoms with Crippen LogP contribution in [0.5, 0.6) is 0 Å². The molecule has 0 spiro atoms. The van der Waals surface area contributed by atoms with Crippen molar-refractivity contribution in [1.29, 1.82) is 0 Å². The highest BCUT2D eigenvalue weighted by molar-refractivity contribution is 9.10. The average molecular weight is 373 g/mol. The third kappa shape index (κ3) is 3.88. The van der Waals surface area contributed by atoms with E-state index < -0.39 is 15.8 Å². The summed E-state index contributed by atoms with van der Waals surface area (Å²) >= 11 is 3.22. The van der Waals surface area contributed by atoms with Crippen molar-refractivity contribution in [2.45, 2.75) is 18.0 Å². The summed E-state index contributed by atoms with van der Waals surface area (Å²) in [6.45, 7) is 0.210. The second-order valence-corrected chi connectivity index (χ2v) is 6.97. The van der Waals surface area contributed by atoms with Crippen LogP contribution in [0.15, 0.2) is 51.8 Å². The molecule has 0 fully saturated rings. The van der Waals surface area contributed by atoms with Crippen molar-refractivity contribution in [3.63, 3.8) is 0 Å². The van der Waals surface area contributed by atoms with E-state index in [4.69, 9.17) is 5.73 Å². The molecule has 21 heavy (non-hydrogen) atoms. The van der Waals surface area contributed by atoms with Gasteiger partial charge in [0.2, 0.25) is 10.0 Å². The summed E-state index contributed by atoms with van der Waals surface area (Å²) in [5.74, 6) is -0.447. The fourth-order valence-electron chi connectivity index (χ4n) is 1.78. The smallest absolute Gasteiger partial charge is 0.241 e. The molecule has 0 saturated carbocycles. The maximum Gasteiger partial charge on any atom is 0.241 e. The molecule has 2 rings (SSSR count). The molecular formula is C14H14BrFN2O2S. The number of hydrogen-bond donors (Lipinski definition) is 2. The van der Waals surface area contributed by atoms with Crippen LogP contribution in [-0.4, -0.2) is 8.42 Å². The van der Waals surface area contributed by atoms with E-state index in [9.17, 15) is 12.8 Å². The average Bonchev–Trinajstić information content (AvgIpc) is 2.46.